The van der Waals surface area contributed by atoms with Gasteiger partial charge in [-0.05, 0) is 19.1 Å². The number of aliphatic imine (C=N–C) groups is 1. The first-order chi connectivity index (χ1) is 11.2. The first-order valence-electron chi connectivity index (χ1n) is 7.59. The number of hydrogen-bond acceptors (Lipinski definition) is 5. The highest BCUT2D eigenvalue weighted by molar-refractivity contribution is 5.79. The van der Waals surface area contributed by atoms with Crippen molar-refractivity contribution in [2.24, 2.45) is 12.0 Å². The lowest BCUT2D eigenvalue weighted by Crippen LogP contribution is -2.40. The van der Waals surface area contributed by atoms with E-state index < -0.39 is 0 Å². The second-order valence-corrected chi connectivity index (χ2v) is 5.06. The van der Waals surface area contributed by atoms with Gasteiger partial charge in [0.2, 0.25) is 0 Å². The van der Waals surface area contributed by atoms with Crippen LogP contribution in [0.1, 0.15) is 17.4 Å². The molecule has 0 aliphatic carbocycles. The Morgan fingerprint density at radius 2 is 2.17 bits per heavy atom. The minimum Gasteiger partial charge on any atom is -0.469 e. The molecule has 0 saturated heterocycles. The van der Waals surface area contributed by atoms with E-state index in [4.69, 9.17) is 9.15 Å². The summed E-state index contributed by atoms with van der Waals surface area (Å²) in [6.07, 6.45) is 2.47. The van der Waals surface area contributed by atoms with E-state index in [0.29, 0.717) is 25.7 Å². The molecule has 0 aliphatic rings. The number of nitrogens with zero attached hydrogens (tertiary/aromatic N) is 4. The predicted molar refractivity (Wildman–Crippen MR) is 87.2 cm³/mol. The molecule has 8 heteroatoms. The lowest BCUT2D eigenvalue weighted by Gasteiger charge is -2.11. The van der Waals surface area contributed by atoms with Crippen molar-refractivity contribution in [3.63, 3.8) is 0 Å². The SMILES string of the molecule is COCCNC(=NCc1nnc(C)n1C)NCCc1ccco1. The van der Waals surface area contributed by atoms with Gasteiger partial charge in [-0.25, -0.2) is 4.99 Å². The van der Waals surface area contributed by atoms with Gasteiger partial charge in [-0.3, -0.25) is 0 Å². The van der Waals surface area contributed by atoms with Crippen LogP contribution in [0.15, 0.2) is 27.8 Å². The maximum Gasteiger partial charge on any atom is 0.191 e. The zero-order chi connectivity index (χ0) is 16.5. The average molecular weight is 320 g/mol. The zero-order valence-electron chi connectivity index (χ0n) is 13.9. The van der Waals surface area contributed by atoms with Gasteiger partial charge in [0.1, 0.15) is 18.1 Å². The fourth-order valence-electron chi connectivity index (χ4n) is 1.94. The van der Waals surface area contributed by atoms with Crippen LogP contribution >= 0.6 is 0 Å². The Bertz CT molecular complexity index is 606. The number of hydrogen-bond donors (Lipinski definition) is 2. The summed E-state index contributed by atoms with van der Waals surface area (Å²) in [5.74, 6) is 3.35. The molecule has 0 radical (unpaired) electrons. The molecule has 0 atom stereocenters. The van der Waals surface area contributed by atoms with Crippen molar-refractivity contribution >= 4 is 5.96 Å². The van der Waals surface area contributed by atoms with E-state index >= 15 is 0 Å². The van der Waals surface area contributed by atoms with E-state index in [2.05, 4.69) is 25.8 Å². The minimum atomic E-state index is 0.459. The largest absolute Gasteiger partial charge is 0.469 e. The Morgan fingerprint density at radius 1 is 1.35 bits per heavy atom. The highest BCUT2D eigenvalue weighted by Crippen LogP contribution is 2.00. The third-order valence-corrected chi connectivity index (χ3v) is 3.40. The number of furan rings is 1. The van der Waals surface area contributed by atoms with Gasteiger partial charge in [-0.1, -0.05) is 0 Å². The van der Waals surface area contributed by atoms with Gasteiger partial charge in [-0.2, -0.15) is 0 Å². The lowest BCUT2D eigenvalue weighted by molar-refractivity contribution is 0.203. The molecular formula is C15H24N6O2. The fourth-order valence-corrected chi connectivity index (χ4v) is 1.94. The van der Waals surface area contributed by atoms with Crippen LogP contribution in [0.5, 0.6) is 0 Å². The van der Waals surface area contributed by atoms with Crippen molar-refractivity contribution in [3.05, 3.63) is 35.8 Å². The molecule has 2 aromatic heterocycles. The third kappa shape index (κ3) is 5.41. The second-order valence-electron chi connectivity index (χ2n) is 5.06. The van der Waals surface area contributed by atoms with E-state index in [1.165, 1.54) is 0 Å². The molecule has 23 heavy (non-hydrogen) atoms. The van der Waals surface area contributed by atoms with E-state index in [1.807, 2.05) is 30.7 Å². The highest BCUT2D eigenvalue weighted by Gasteiger charge is 2.05. The molecule has 0 aromatic carbocycles. The van der Waals surface area contributed by atoms with E-state index in [1.54, 1.807) is 13.4 Å². The summed E-state index contributed by atoms with van der Waals surface area (Å²) in [6.45, 7) is 4.40. The van der Waals surface area contributed by atoms with Gasteiger partial charge in [0.15, 0.2) is 11.8 Å². The Labute approximate surface area is 136 Å². The summed E-state index contributed by atoms with van der Waals surface area (Å²) >= 11 is 0. The van der Waals surface area contributed by atoms with Gasteiger partial charge in [0, 0.05) is 33.7 Å². The standard InChI is InChI=1S/C15H24N6O2/c1-12-19-20-14(21(12)2)11-18-15(17-8-10-22-3)16-7-6-13-5-4-9-23-13/h4-5,9H,6-8,10-11H2,1-3H3,(H2,16,17,18). The molecule has 0 saturated carbocycles. The van der Waals surface area contributed by atoms with E-state index in [9.17, 15) is 0 Å². The molecule has 0 amide bonds. The molecule has 0 fully saturated rings. The van der Waals surface area contributed by atoms with Crippen LogP contribution in [-0.4, -0.2) is 47.5 Å². The van der Waals surface area contributed by atoms with Crippen LogP contribution in [0.2, 0.25) is 0 Å². The number of methoxy groups -OCH3 is 1. The van der Waals surface area contributed by atoms with Crippen LogP contribution < -0.4 is 10.6 Å². The van der Waals surface area contributed by atoms with Crippen molar-refractivity contribution < 1.29 is 9.15 Å². The molecule has 2 rings (SSSR count). The predicted octanol–water partition coefficient (Wildman–Crippen LogP) is 0.641. The van der Waals surface area contributed by atoms with Gasteiger partial charge in [-0.15, -0.1) is 10.2 Å². The summed E-state index contributed by atoms with van der Waals surface area (Å²) in [4.78, 5) is 4.54. The molecule has 126 valence electrons. The highest BCUT2D eigenvalue weighted by atomic mass is 16.5. The monoisotopic (exact) mass is 320 g/mol. The molecule has 0 unspecified atom stereocenters. The summed E-state index contributed by atoms with van der Waals surface area (Å²) < 4.78 is 12.3. The Balaban J connectivity index is 1.89. The van der Waals surface area contributed by atoms with Crippen LogP contribution in [-0.2, 0) is 24.8 Å². The maximum absolute atomic E-state index is 5.32. The number of aromatic nitrogens is 3. The van der Waals surface area contributed by atoms with Crippen LogP contribution in [0, 0.1) is 6.92 Å². The summed E-state index contributed by atoms with van der Waals surface area (Å²) in [5.41, 5.74) is 0. The van der Waals surface area contributed by atoms with Gasteiger partial charge in [0.05, 0.1) is 12.9 Å². The van der Waals surface area contributed by atoms with E-state index in [-0.39, 0.29) is 0 Å². The Morgan fingerprint density at radius 3 is 2.83 bits per heavy atom. The summed E-state index contributed by atoms with van der Waals surface area (Å²) in [6, 6.07) is 3.84. The van der Waals surface area contributed by atoms with Crippen molar-refractivity contribution in [3.8, 4) is 0 Å². The van der Waals surface area contributed by atoms with E-state index in [0.717, 1.165) is 30.4 Å². The van der Waals surface area contributed by atoms with Crippen molar-refractivity contribution in [2.75, 3.05) is 26.8 Å². The number of aryl methyl sites for hydroxylation is 1. The number of rotatable bonds is 8. The molecule has 2 N–H and O–H groups in total. The molecular weight excluding hydrogens is 296 g/mol. The molecule has 2 heterocycles. The quantitative estimate of drug-likeness (QED) is 0.421. The smallest absolute Gasteiger partial charge is 0.191 e. The number of nitrogens with one attached hydrogen (secondary N) is 2. The fraction of sp³-hybridized carbons (Fsp3) is 0.533. The van der Waals surface area contributed by atoms with Crippen molar-refractivity contribution in [1.82, 2.24) is 25.4 Å². The summed E-state index contributed by atoms with van der Waals surface area (Å²) in [7, 11) is 3.60. The molecule has 0 spiro atoms. The van der Waals surface area contributed by atoms with Crippen LogP contribution in [0.3, 0.4) is 0 Å². The van der Waals surface area contributed by atoms with Crippen LogP contribution in [0.4, 0.5) is 0 Å². The topological polar surface area (TPSA) is 89.5 Å². The zero-order valence-corrected chi connectivity index (χ0v) is 13.9. The average Bonchev–Trinajstić information content (AvgIpc) is 3.17. The lowest BCUT2D eigenvalue weighted by atomic mass is 10.3. The maximum atomic E-state index is 5.32. The normalized spacial score (nSPS) is 11.7. The van der Waals surface area contributed by atoms with Crippen LogP contribution in [0.25, 0.3) is 0 Å². The Hall–Kier alpha value is -2.35. The van der Waals surface area contributed by atoms with Gasteiger partial charge >= 0.3 is 0 Å². The summed E-state index contributed by atoms with van der Waals surface area (Å²) in [5, 5.41) is 14.7. The first-order valence-corrected chi connectivity index (χ1v) is 7.59. The number of guanidine groups is 1. The van der Waals surface area contributed by atoms with Crippen molar-refractivity contribution in [1.29, 1.82) is 0 Å². The molecule has 2 aromatic rings. The first kappa shape index (κ1) is 17.0. The molecule has 8 nitrogen and oxygen atoms in total. The van der Waals surface area contributed by atoms with Gasteiger partial charge in [0.25, 0.3) is 0 Å². The Kier molecular flexibility index (Phi) is 6.61. The van der Waals surface area contributed by atoms with Gasteiger partial charge < -0.3 is 24.4 Å². The molecule has 0 bridgehead atoms. The minimum absolute atomic E-state index is 0.459. The van der Waals surface area contributed by atoms with Crippen molar-refractivity contribution in [2.45, 2.75) is 19.9 Å². The number of ether oxygens (including phenoxy) is 1. The third-order valence-electron chi connectivity index (χ3n) is 3.40. The molecule has 0 aliphatic heterocycles. The second kappa shape index (κ2) is 8.94.